The van der Waals surface area contributed by atoms with Crippen molar-refractivity contribution >= 4 is 17.3 Å². The highest BCUT2D eigenvalue weighted by Crippen LogP contribution is 2.21. The molecule has 18 heavy (non-hydrogen) atoms. The lowest BCUT2D eigenvalue weighted by Crippen LogP contribution is -2.32. The SMILES string of the molecule is COCCNC(=O)CNc1cc(N)cc(OC)c1. The van der Waals surface area contributed by atoms with Gasteiger partial charge in [-0.1, -0.05) is 0 Å². The molecule has 0 fully saturated rings. The van der Waals surface area contributed by atoms with Gasteiger partial charge in [-0.2, -0.15) is 0 Å². The first-order valence-electron chi connectivity index (χ1n) is 5.59. The summed E-state index contributed by atoms with van der Waals surface area (Å²) in [6, 6.07) is 5.23. The van der Waals surface area contributed by atoms with Crippen LogP contribution in [0.2, 0.25) is 0 Å². The normalized spacial score (nSPS) is 9.89. The number of anilines is 2. The highest BCUT2D eigenvalue weighted by Gasteiger charge is 2.02. The van der Waals surface area contributed by atoms with E-state index in [1.165, 1.54) is 0 Å². The molecule has 1 amide bonds. The van der Waals surface area contributed by atoms with Gasteiger partial charge in [0, 0.05) is 37.2 Å². The molecule has 1 aromatic carbocycles. The van der Waals surface area contributed by atoms with Crippen molar-refractivity contribution in [3.05, 3.63) is 18.2 Å². The molecule has 0 aliphatic heterocycles. The van der Waals surface area contributed by atoms with Crippen LogP contribution in [-0.4, -0.2) is 39.8 Å². The molecule has 0 radical (unpaired) electrons. The van der Waals surface area contributed by atoms with E-state index in [0.29, 0.717) is 24.6 Å². The molecule has 0 aliphatic rings. The molecular weight excluding hydrogens is 234 g/mol. The van der Waals surface area contributed by atoms with Crippen molar-refractivity contribution in [3.63, 3.8) is 0 Å². The maximum absolute atomic E-state index is 11.4. The molecular formula is C12H19N3O3. The van der Waals surface area contributed by atoms with Crippen LogP contribution in [0.4, 0.5) is 11.4 Å². The Kier molecular flexibility index (Phi) is 5.79. The number of ether oxygens (including phenoxy) is 2. The van der Waals surface area contributed by atoms with Crippen molar-refractivity contribution in [2.45, 2.75) is 0 Å². The molecule has 6 heteroatoms. The van der Waals surface area contributed by atoms with Crippen molar-refractivity contribution in [1.29, 1.82) is 0 Å². The Morgan fingerprint density at radius 2 is 2.11 bits per heavy atom. The van der Waals surface area contributed by atoms with Crippen molar-refractivity contribution in [2.75, 3.05) is 45.0 Å². The van der Waals surface area contributed by atoms with Crippen LogP contribution in [0.3, 0.4) is 0 Å². The van der Waals surface area contributed by atoms with Crippen LogP contribution in [0.15, 0.2) is 18.2 Å². The molecule has 0 saturated heterocycles. The lowest BCUT2D eigenvalue weighted by molar-refractivity contribution is -0.119. The largest absolute Gasteiger partial charge is 0.497 e. The molecule has 0 saturated carbocycles. The first-order chi connectivity index (χ1) is 8.65. The minimum Gasteiger partial charge on any atom is -0.497 e. The Hall–Kier alpha value is -1.95. The molecule has 0 bridgehead atoms. The van der Waals surface area contributed by atoms with Crippen LogP contribution in [0.25, 0.3) is 0 Å². The summed E-state index contributed by atoms with van der Waals surface area (Å²) in [5, 5.41) is 5.68. The third-order valence-electron chi connectivity index (χ3n) is 2.25. The minimum absolute atomic E-state index is 0.103. The lowest BCUT2D eigenvalue weighted by Gasteiger charge is -2.09. The van der Waals surface area contributed by atoms with Gasteiger partial charge in [-0.25, -0.2) is 0 Å². The Bertz CT molecular complexity index is 396. The summed E-state index contributed by atoms with van der Waals surface area (Å²) in [4.78, 5) is 11.4. The lowest BCUT2D eigenvalue weighted by atomic mass is 10.2. The maximum Gasteiger partial charge on any atom is 0.239 e. The van der Waals surface area contributed by atoms with Gasteiger partial charge in [-0.05, 0) is 6.07 Å². The van der Waals surface area contributed by atoms with E-state index in [4.69, 9.17) is 15.2 Å². The minimum atomic E-state index is -0.103. The fourth-order valence-corrected chi connectivity index (χ4v) is 1.38. The number of nitrogens with one attached hydrogen (secondary N) is 2. The van der Waals surface area contributed by atoms with Gasteiger partial charge in [0.15, 0.2) is 0 Å². The molecule has 0 spiro atoms. The summed E-state index contributed by atoms with van der Waals surface area (Å²) in [5.41, 5.74) is 7.03. The van der Waals surface area contributed by atoms with Crippen molar-refractivity contribution < 1.29 is 14.3 Å². The highest BCUT2D eigenvalue weighted by molar-refractivity contribution is 5.81. The van der Waals surface area contributed by atoms with Crippen LogP contribution in [0.1, 0.15) is 0 Å². The van der Waals surface area contributed by atoms with E-state index in [1.807, 2.05) is 0 Å². The fraction of sp³-hybridized carbons (Fsp3) is 0.417. The standard InChI is InChI=1S/C12H19N3O3/c1-17-4-3-14-12(16)8-15-10-5-9(13)6-11(7-10)18-2/h5-7,15H,3-4,8,13H2,1-2H3,(H,14,16). The van der Waals surface area contributed by atoms with Crippen molar-refractivity contribution in [3.8, 4) is 5.75 Å². The number of carbonyl (C=O) groups excluding carboxylic acids is 1. The number of methoxy groups -OCH3 is 2. The number of hydrogen-bond acceptors (Lipinski definition) is 5. The predicted molar refractivity (Wildman–Crippen MR) is 70.8 cm³/mol. The van der Waals surface area contributed by atoms with Gasteiger partial charge in [0.1, 0.15) is 5.75 Å². The Balaban J connectivity index is 2.43. The summed E-state index contributed by atoms with van der Waals surface area (Å²) in [6.07, 6.45) is 0. The second-order valence-corrected chi connectivity index (χ2v) is 3.69. The smallest absolute Gasteiger partial charge is 0.239 e. The quantitative estimate of drug-likeness (QED) is 0.485. The third kappa shape index (κ3) is 4.92. The monoisotopic (exact) mass is 253 g/mol. The molecule has 0 unspecified atom stereocenters. The summed E-state index contributed by atoms with van der Waals surface area (Å²) in [7, 11) is 3.15. The number of amides is 1. The zero-order chi connectivity index (χ0) is 13.4. The zero-order valence-corrected chi connectivity index (χ0v) is 10.7. The molecule has 0 atom stereocenters. The first-order valence-corrected chi connectivity index (χ1v) is 5.59. The molecule has 100 valence electrons. The average molecular weight is 253 g/mol. The Morgan fingerprint density at radius 1 is 1.33 bits per heavy atom. The van der Waals surface area contributed by atoms with Crippen LogP contribution < -0.4 is 21.1 Å². The van der Waals surface area contributed by atoms with E-state index in [2.05, 4.69) is 10.6 Å². The van der Waals surface area contributed by atoms with Crippen LogP contribution in [0.5, 0.6) is 5.75 Å². The van der Waals surface area contributed by atoms with E-state index in [1.54, 1.807) is 32.4 Å². The van der Waals surface area contributed by atoms with E-state index in [0.717, 1.165) is 5.69 Å². The zero-order valence-electron chi connectivity index (χ0n) is 10.7. The molecule has 0 heterocycles. The Labute approximate surface area is 106 Å². The number of rotatable bonds is 7. The van der Waals surface area contributed by atoms with E-state index in [-0.39, 0.29) is 12.5 Å². The third-order valence-corrected chi connectivity index (χ3v) is 2.25. The van der Waals surface area contributed by atoms with Gasteiger partial charge in [0.2, 0.25) is 5.91 Å². The first kappa shape index (κ1) is 14.1. The molecule has 0 aromatic heterocycles. The molecule has 0 aliphatic carbocycles. The van der Waals surface area contributed by atoms with Crippen LogP contribution >= 0.6 is 0 Å². The highest BCUT2D eigenvalue weighted by atomic mass is 16.5. The summed E-state index contributed by atoms with van der Waals surface area (Å²) >= 11 is 0. The molecule has 6 nitrogen and oxygen atoms in total. The summed E-state index contributed by atoms with van der Waals surface area (Å²) < 4.78 is 9.92. The number of benzene rings is 1. The van der Waals surface area contributed by atoms with Crippen LogP contribution in [0, 0.1) is 0 Å². The van der Waals surface area contributed by atoms with Crippen molar-refractivity contribution in [1.82, 2.24) is 5.32 Å². The van der Waals surface area contributed by atoms with E-state index < -0.39 is 0 Å². The maximum atomic E-state index is 11.4. The predicted octanol–water partition coefficient (Wildman–Crippen LogP) is 0.452. The summed E-state index contributed by atoms with van der Waals surface area (Å²) in [6.45, 7) is 1.17. The fourth-order valence-electron chi connectivity index (χ4n) is 1.38. The van der Waals surface area contributed by atoms with Crippen molar-refractivity contribution in [2.24, 2.45) is 0 Å². The van der Waals surface area contributed by atoms with Gasteiger partial charge in [-0.15, -0.1) is 0 Å². The Morgan fingerprint density at radius 3 is 2.78 bits per heavy atom. The number of nitrogens with two attached hydrogens (primary N) is 1. The van der Waals surface area contributed by atoms with Gasteiger partial charge in [-0.3, -0.25) is 4.79 Å². The van der Waals surface area contributed by atoms with Gasteiger partial charge < -0.3 is 25.8 Å². The number of nitrogen functional groups attached to an aromatic ring is 1. The van der Waals surface area contributed by atoms with Gasteiger partial charge in [0.25, 0.3) is 0 Å². The topological polar surface area (TPSA) is 85.6 Å². The number of carbonyl (C=O) groups is 1. The van der Waals surface area contributed by atoms with E-state index in [9.17, 15) is 4.79 Å². The number of hydrogen-bond donors (Lipinski definition) is 3. The van der Waals surface area contributed by atoms with E-state index >= 15 is 0 Å². The molecule has 4 N–H and O–H groups in total. The van der Waals surface area contributed by atoms with Gasteiger partial charge in [0.05, 0.1) is 20.3 Å². The second-order valence-electron chi connectivity index (χ2n) is 3.69. The average Bonchev–Trinajstić information content (AvgIpc) is 2.36. The molecule has 1 rings (SSSR count). The molecule has 1 aromatic rings. The van der Waals surface area contributed by atoms with Gasteiger partial charge >= 0.3 is 0 Å². The second kappa shape index (κ2) is 7.39. The van der Waals surface area contributed by atoms with Crippen LogP contribution in [-0.2, 0) is 9.53 Å². The summed E-state index contributed by atoms with van der Waals surface area (Å²) in [5.74, 6) is 0.547.